The van der Waals surface area contributed by atoms with Crippen molar-refractivity contribution in [3.8, 4) is 0 Å². The van der Waals surface area contributed by atoms with Crippen molar-refractivity contribution in [2.45, 2.75) is 32.1 Å². The van der Waals surface area contributed by atoms with E-state index in [9.17, 15) is 4.79 Å². The fourth-order valence-corrected chi connectivity index (χ4v) is 3.40. The minimum absolute atomic E-state index is 0.000849. The van der Waals surface area contributed by atoms with E-state index in [0.29, 0.717) is 24.2 Å². The number of piperidine rings is 1. The van der Waals surface area contributed by atoms with Crippen LogP contribution in [0.4, 0.5) is 5.69 Å². The molecule has 2 fully saturated rings. The second-order valence-electron chi connectivity index (χ2n) is 6.16. The summed E-state index contributed by atoms with van der Waals surface area (Å²) in [7, 11) is 0. The third-order valence-corrected chi connectivity index (χ3v) is 4.86. The molecule has 5 nitrogen and oxygen atoms in total. The Morgan fingerprint density at radius 2 is 2.00 bits per heavy atom. The first kappa shape index (κ1) is 16.7. The summed E-state index contributed by atoms with van der Waals surface area (Å²) in [5.74, 6) is 0.441. The molecule has 1 N–H and O–H groups in total. The Balaban J connectivity index is 1.50. The highest BCUT2D eigenvalue weighted by Gasteiger charge is 2.33. The lowest BCUT2D eigenvalue weighted by atomic mass is 9.95. The summed E-state index contributed by atoms with van der Waals surface area (Å²) >= 11 is 5.95. The van der Waals surface area contributed by atoms with Crippen LogP contribution >= 0.6 is 11.6 Å². The molecule has 2 aliphatic rings. The summed E-state index contributed by atoms with van der Waals surface area (Å²) in [5, 5.41) is 3.55. The molecule has 1 unspecified atom stereocenters. The molecule has 0 radical (unpaired) electrons. The molecule has 1 atom stereocenters. The molecular formula is C17H23ClN2O3. The summed E-state index contributed by atoms with van der Waals surface area (Å²) in [5.41, 5.74) is 0.733. The standard InChI is InChI=1S/C17H23ClN2O3/c1-12(16(21)19-15-4-2-3-14(18)11-15)20-7-5-13(6-8-20)17-22-9-10-23-17/h2-4,11-13,17H,5-10H2,1H3,(H,19,21). The zero-order valence-corrected chi connectivity index (χ0v) is 14.1. The number of carbonyl (C=O) groups is 1. The zero-order valence-electron chi connectivity index (χ0n) is 13.3. The third kappa shape index (κ3) is 4.23. The van der Waals surface area contributed by atoms with Crippen molar-refractivity contribution < 1.29 is 14.3 Å². The van der Waals surface area contributed by atoms with Crippen molar-refractivity contribution in [2.24, 2.45) is 5.92 Å². The van der Waals surface area contributed by atoms with Crippen molar-refractivity contribution >= 4 is 23.2 Å². The van der Waals surface area contributed by atoms with Gasteiger partial charge in [0.05, 0.1) is 19.3 Å². The maximum atomic E-state index is 12.4. The van der Waals surface area contributed by atoms with Crippen LogP contribution in [0.25, 0.3) is 0 Å². The van der Waals surface area contributed by atoms with Crippen molar-refractivity contribution in [1.82, 2.24) is 4.90 Å². The third-order valence-electron chi connectivity index (χ3n) is 4.63. The smallest absolute Gasteiger partial charge is 0.241 e. The van der Waals surface area contributed by atoms with Gasteiger partial charge in [-0.25, -0.2) is 0 Å². The molecule has 0 saturated carbocycles. The Labute approximate surface area is 141 Å². The molecule has 0 aliphatic carbocycles. The summed E-state index contributed by atoms with van der Waals surface area (Å²) in [6.45, 7) is 5.12. The fourth-order valence-electron chi connectivity index (χ4n) is 3.21. The number of ether oxygens (including phenoxy) is 2. The second-order valence-corrected chi connectivity index (χ2v) is 6.60. The van der Waals surface area contributed by atoms with E-state index in [-0.39, 0.29) is 18.2 Å². The van der Waals surface area contributed by atoms with Gasteiger partial charge in [-0.1, -0.05) is 17.7 Å². The highest BCUT2D eigenvalue weighted by atomic mass is 35.5. The quantitative estimate of drug-likeness (QED) is 0.917. The van der Waals surface area contributed by atoms with Gasteiger partial charge in [0.25, 0.3) is 0 Å². The molecule has 0 spiro atoms. The Bertz CT molecular complexity index is 540. The molecule has 3 rings (SSSR count). The van der Waals surface area contributed by atoms with E-state index in [0.717, 1.165) is 31.6 Å². The fraction of sp³-hybridized carbons (Fsp3) is 0.588. The number of amides is 1. The molecule has 2 saturated heterocycles. The van der Waals surface area contributed by atoms with E-state index in [4.69, 9.17) is 21.1 Å². The van der Waals surface area contributed by atoms with Gasteiger partial charge < -0.3 is 14.8 Å². The average molecular weight is 339 g/mol. The van der Waals surface area contributed by atoms with Gasteiger partial charge in [-0.2, -0.15) is 0 Å². The van der Waals surface area contributed by atoms with Crippen LogP contribution in [0.3, 0.4) is 0 Å². The lowest BCUT2D eigenvalue weighted by Gasteiger charge is -2.36. The molecule has 1 aromatic carbocycles. The van der Waals surface area contributed by atoms with E-state index >= 15 is 0 Å². The average Bonchev–Trinajstić information content (AvgIpc) is 3.09. The predicted octanol–water partition coefficient (Wildman–Crippen LogP) is 2.75. The second kappa shape index (κ2) is 7.62. The van der Waals surface area contributed by atoms with Gasteiger partial charge in [0.15, 0.2) is 6.29 Å². The molecular weight excluding hydrogens is 316 g/mol. The number of hydrogen-bond acceptors (Lipinski definition) is 4. The Kier molecular flexibility index (Phi) is 5.54. The molecule has 0 bridgehead atoms. The van der Waals surface area contributed by atoms with Crippen molar-refractivity contribution in [2.75, 3.05) is 31.6 Å². The van der Waals surface area contributed by atoms with Crippen LogP contribution in [-0.4, -0.2) is 49.4 Å². The number of likely N-dealkylation sites (tertiary alicyclic amines) is 1. The van der Waals surface area contributed by atoms with E-state index in [1.807, 2.05) is 19.1 Å². The largest absolute Gasteiger partial charge is 0.350 e. The van der Waals surface area contributed by atoms with E-state index in [1.165, 1.54) is 0 Å². The van der Waals surface area contributed by atoms with Crippen LogP contribution in [-0.2, 0) is 14.3 Å². The summed E-state index contributed by atoms with van der Waals surface area (Å²) in [6, 6.07) is 7.05. The Hall–Kier alpha value is -1.14. The molecule has 1 aromatic rings. The van der Waals surface area contributed by atoms with Crippen LogP contribution in [0, 0.1) is 5.92 Å². The number of nitrogens with one attached hydrogen (secondary N) is 1. The molecule has 6 heteroatoms. The van der Waals surface area contributed by atoms with Gasteiger partial charge in [0, 0.05) is 16.6 Å². The van der Waals surface area contributed by atoms with Gasteiger partial charge >= 0.3 is 0 Å². The van der Waals surface area contributed by atoms with Gasteiger partial charge in [-0.15, -0.1) is 0 Å². The van der Waals surface area contributed by atoms with E-state index < -0.39 is 0 Å². The van der Waals surface area contributed by atoms with Crippen LogP contribution < -0.4 is 5.32 Å². The molecule has 126 valence electrons. The summed E-state index contributed by atoms with van der Waals surface area (Å²) < 4.78 is 11.2. The normalized spacial score (nSPS) is 22.2. The lowest BCUT2D eigenvalue weighted by Crippen LogP contribution is -2.47. The number of anilines is 1. The highest BCUT2D eigenvalue weighted by Crippen LogP contribution is 2.27. The molecule has 2 aliphatic heterocycles. The Morgan fingerprint density at radius 3 is 2.65 bits per heavy atom. The van der Waals surface area contributed by atoms with Crippen LogP contribution in [0.1, 0.15) is 19.8 Å². The van der Waals surface area contributed by atoms with Gasteiger partial charge in [-0.3, -0.25) is 9.69 Å². The number of rotatable bonds is 4. The van der Waals surface area contributed by atoms with Crippen LogP contribution in [0.15, 0.2) is 24.3 Å². The van der Waals surface area contributed by atoms with Crippen LogP contribution in [0.2, 0.25) is 5.02 Å². The van der Waals surface area contributed by atoms with Gasteiger partial charge in [-0.05, 0) is 51.1 Å². The molecule has 23 heavy (non-hydrogen) atoms. The first-order valence-electron chi connectivity index (χ1n) is 8.17. The molecule has 1 amide bonds. The topological polar surface area (TPSA) is 50.8 Å². The zero-order chi connectivity index (χ0) is 16.2. The number of halogens is 1. The maximum absolute atomic E-state index is 12.4. The van der Waals surface area contributed by atoms with Crippen molar-refractivity contribution in [3.63, 3.8) is 0 Å². The highest BCUT2D eigenvalue weighted by molar-refractivity contribution is 6.30. The predicted molar refractivity (Wildman–Crippen MR) is 89.5 cm³/mol. The SMILES string of the molecule is CC(C(=O)Nc1cccc(Cl)c1)N1CCC(C2OCCO2)CC1. The molecule has 0 aromatic heterocycles. The molecule has 2 heterocycles. The van der Waals surface area contributed by atoms with Gasteiger partial charge in [0.2, 0.25) is 5.91 Å². The summed E-state index contributed by atoms with van der Waals surface area (Å²) in [6.07, 6.45) is 1.95. The number of nitrogens with zero attached hydrogens (tertiary/aromatic N) is 1. The van der Waals surface area contributed by atoms with Crippen molar-refractivity contribution in [3.05, 3.63) is 29.3 Å². The van der Waals surface area contributed by atoms with Crippen LogP contribution in [0.5, 0.6) is 0 Å². The lowest BCUT2D eigenvalue weighted by molar-refractivity contribution is -0.123. The number of hydrogen-bond donors (Lipinski definition) is 1. The van der Waals surface area contributed by atoms with Gasteiger partial charge in [0.1, 0.15) is 0 Å². The van der Waals surface area contributed by atoms with E-state index in [2.05, 4.69) is 10.2 Å². The Morgan fingerprint density at radius 1 is 1.30 bits per heavy atom. The number of benzene rings is 1. The van der Waals surface area contributed by atoms with E-state index in [1.54, 1.807) is 12.1 Å². The minimum Gasteiger partial charge on any atom is -0.350 e. The first-order valence-corrected chi connectivity index (χ1v) is 8.55. The van der Waals surface area contributed by atoms with Crippen molar-refractivity contribution in [1.29, 1.82) is 0 Å². The maximum Gasteiger partial charge on any atom is 0.241 e. The number of carbonyl (C=O) groups excluding carboxylic acids is 1. The summed E-state index contributed by atoms with van der Waals surface area (Å²) in [4.78, 5) is 14.6. The monoisotopic (exact) mass is 338 g/mol. The first-order chi connectivity index (χ1) is 11.1. The minimum atomic E-state index is -0.166.